The topological polar surface area (TPSA) is 179 Å². The van der Waals surface area contributed by atoms with Crippen LogP contribution in [0.15, 0.2) is 18.2 Å². The van der Waals surface area contributed by atoms with Crippen LogP contribution in [0, 0.1) is 17.8 Å². The molecule has 14 heteroatoms. The van der Waals surface area contributed by atoms with Crippen molar-refractivity contribution in [3.63, 3.8) is 0 Å². The number of halogens is 1. The zero-order valence-corrected chi connectivity index (χ0v) is 27.0. The van der Waals surface area contributed by atoms with Crippen LogP contribution in [0.4, 0.5) is 4.79 Å². The first-order valence-corrected chi connectivity index (χ1v) is 18.0. The third kappa shape index (κ3) is 5.91. The Hall–Kier alpha value is -2.90. The molecule has 2 aliphatic heterocycles. The largest absolute Gasteiger partial charge is 0.465 e. The Labute approximate surface area is 268 Å². The lowest BCUT2D eigenvalue weighted by atomic mass is 9.83. The third-order valence-electron chi connectivity index (χ3n) is 10.7. The Morgan fingerprint density at radius 3 is 2.44 bits per heavy atom. The average Bonchev–Trinajstić information content (AvgIpc) is 3.91. The predicted molar refractivity (Wildman–Crippen MR) is 165 cm³/mol. The van der Waals surface area contributed by atoms with Gasteiger partial charge < -0.3 is 21.1 Å². The number of nitrogens with two attached hydrogens (primary N) is 1. The summed E-state index contributed by atoms with van der Waals surface area (Å²) >= 11 is 6.46. The third-order valence-corrected chi connectivity index (χ3v) is 12.9. The molecule has 1 aromatic rings. The molecular weight excluding hydrogens is 622 g/mol. The van der Waals surface area contributed by atoms with E-state index in [2.05, 4.69) is 10.0 Å². The van der Waals surface area contributed by atoms with Crippen LogP contribution in [-0.2, 0) is 31.0 Å². The highest BCUT2D eigenvalue weighted by Gasteiger charge is 2.62. The van der Waals surface area contributed by atoms with Crippen LogP contribution in [0.1, 0.15) is 88.3 Å². The first-order chi connectivity index (χ1) is 21.4. The molecule has 5 aliphatic rings. The Bertz CT molecular complexity index is 1500. The van der Waals surface area contributed by atoms with Crippen molar-refractivity contribution in [1.29, 1.82) is 0 Å². The molecule has 0 spiro atoms. The molecule has 0 radical (unpaired) electrons. The number of carbonyl (C=O) groups excluding carboxylic acids is 3. The van der Waals surface area contributed by atoms with Crippen molar-refractivity contribution in [2.45, 2.75) is 107 Å². The van der Waals surface area contributed by atoms with E-state index in [1.165, 1.54) is 9.80 Å². The molecular formula is C31H42ClN5O7S. The number of benzene rings is 1. The van der Waals surface area contributed by atoms with Gasteiger partial charge in [0.05, 0.1) is 23.9 Å². The molecule has 5 N–H and O–H groups in total. The van der Waals surface area contributed by atoms with Gasteiger partial charge in [-0.15, -0.1) is 0 Å². The van der Waals surface area contributed by atoms with E-state index in [4.69, 9.17) is 17.3 Å². The molecule has 0 bridgehead atoms. The summed E-state index contributed by atoms with van der Waals surface area (Å²) in [6.45, 7) is 2.06. The Kier molecular flexibility index (Phi) is 8.57. The van der Waals surface area contributed by atoms with Crippen molar-refractivity contribution in [2.75, 3.05) is 6.54 Å². The van der Waals surface area contributed by atoms with Crippen LogP contribution in [-0.4, -0.2) is 76.6 Å². The molecule has 1 aromatic carbocycles. The van der Waals surface area contributed by atoms with Crippen LogP contribution in [0.5, 0.6) is 0 Å². The zero-order chi connectivity index (χ0) is 32.3. The number of nitrogens with one attached hydrogen (secondary N) is 2. The summed E-state index contributed by atoms with van der Waals surface area (Å²) in [5.41, 5.74) is 6.61. The molecule has 6 atom stereocenters. The van der Waals surface area contributed by atoms with Gasteiger partial charge in [-0.1, -0.05) is 56.3 Å². The van der Waals surface area contributed by atoms with E-state index in [9.17, 15) is 32.7 Å². The van der Waals surface area contributed by atoms with E-state index in [1.54, 1.807) is 12.1 Å². The van der Waals surface area contributed by atoms with Crippen LogP contribution in [0.3, 0.4) is 0 Å². The van der Waals surface area contributed by atoms with E-state index in [-0.39, 0.29) is 43.7 Å². The van der Waals surface area contributed by atoms with Crippen LogP contribution in [0.25, 0.3) is 0 Å². The molecule has 6 rings (SSSR count). The number of nitrogens with zero attached hydrogens (tertiary/aromatic N) is 2. The van der Waals surface area contributed by atoms with Crippen molar-refractivity contribution < 1.29 is 32.7 Å². The number of carbonyl (C=O) groups is 4. The van der Waals surface area contributed by atoms with E-state index < -0.39 is 62.8 Å². The second kappa shape index (κ2) is 12.0. The van der Waals surface area contributed by atoms with Crippen molar-refractivity contribution in [1.82, 2.24) is 19.8 Å². The van der Waals surface area contributed by atoms with E-state index in [0.29, 0.717) is 29.8 Å². The quantitative estimate of drug-likeness (QED) is 0.311. The van der Waals surface area contributed by atoms with Gasteiger partial charge in [-0.05, 0) is 67.6 Å². The number of carboxylic acid groups (broad SMARTS) is 1. The highest BCUT2D eigenvalue weighted by atomic mass is 35.5. The van der Waals surface area contributed by atoms with Crippen molar-refractivity contribution in [2.24, 2.45) is 23.5 Å². The first-order valence-electron chi connectivity index (χ1n) is 16.1. The lowest BCUT2D eigenvalue weighted by Crippen LogP contribution is -2.58. The van der Waals surface area contributed by atoms with Gasteiger partial charge in [-0.25, -0.2) is 13.2 Å². The summed E-state index contributed by atoms with van der Waals surface area (Å²) in [5, 5.41) is 12.9. The van der Waals surface area contributed by atoms with Crippen molar-refractivity contribution >= 4 is 45.4 Å². The molecule has 2 heterocycles. The van der Waals surface area contributed by atoms with Crippen LogP contribution >= 0.6 is 11.6 Å². The van der Waals surface area contributed by atoms with Gasteiger partial charge >= 0.3 is 6.09 Å². The minimum absolute atomic E-state index is 0.0202. The SMILES string of the molecule is CC[C@@H]1C[C@]1(NC(=O)[C@@H]1C[C@@H](C2c3cccc(Cl)c3CN2C(=O)O)CN1C(=O)C(N)C1CCCCC1)C(=O)NS(=O)(=O)C1CC1. The van der Waals surface area contributed by atoms with Gasteiger partial charge in [0.15, 0.2) is 0 Å². The molecule has 1 saturated heterocycles. The summed E-state index contributed by atoms with van der Waals surface area (Å²) in [4.78, 5) is 56.8. The van der Waals surface area contributed by atoms with Crippen LogP contribution < -0.4 is 15.8 Å². The monoisotopic (exact) mass is 663 g/mol. The zero-order valence-electron chi connectivity index (χ0n) is 25.4. The number of likely N-dealkylation sites (tertiary alicyclic amines) is 1. The van der Waals surface area contributed by atoms with Gasteiger partial charge in [0.25, 0.3) is 5.91 Å². The molecule has 12 nitrogen and oxygen atoms in total. The average molecular weight is 664 g/mol. The number of hydrogen-bond acceptors (Lipinski definition) is 7. The van der Waals surface area contributed by atoms with Gasteiger partial charge in [-0.3, -0.25) is 24.0 Å². The minimum atomic E-state index is -3.83. The number of fused-ring (bicyclic) bond motifs is 1. The minimum Gasteiger partial charge on any atom is -0.465 e. The first kappa shape index (κ1) is 32.1. The Balaban J connectivity index is 1.29. The normalized spacial score (nSPS) is 30.5. The fraction of sp³-hybridized carbons (Fsp3) is 0.677. The predicted octanol–water partition coefficient (Wildman–Crippen LogP) is 2.89. The molecule has 2 unspecified atom stereocenters. The molecule has 4 amide bonds. The lowest BCUT2D eigenvalue weighted by molar-refractivity contribution is -0.141. The highest BCUT2D eigenvalue weighted by molar-refractivity contribution is 7.91. The van der Waals surface area contributed by atoms with Gasteiger partial charge in [0.1, 0.15) is 11.6 Å². The molecule has 45 heavy (non-hydrogen) atoms. The second-order valence-corrected chi connectivity index (χ2v) is 15.9. The van der Waals surface area contributed by atoms with Crippen molar-refractivity contribution in [3.05, 3.63) is 34.3 Å². The van der Waals surface area contributed by atoms with Gasteiger partial charge in [0.2, 0.25) is 21.8 Å². The summed E-state index contributed by atoms with van der Waals surface area (Å²) in [5.74, 6) is -2.41. The molecule has 0 aromatic heterocycles. The molecule has 246 valence electrons. The maximum Gasteiger partial charge on any atom is 0.408 e. The number of sulfonamides is 1. The fourth-order valence-corrected chi connectivity index (χ4v) is 9.53. The Morgan fingerprint density at radius 2 is 1.82 bits per heavy atom. The maximum atomic E-state index is 14.1. The van der Waals surface area contributed by atoms with E-state index in [1.807, 2.05) is 13.0 Å². The fourth-order valence-electron chi connectivity index (χ4n) is 7.92. The summed E-state index contributed by atoms with van der Waals surface area (Å²) in [7, 11) is -3.83. The van der Waals surface area contributed by atoms with Gasteiger partial charge in [-0.2, -0.15) is 0 Å². The number of amides is 4. The molecule has 3 saturated carbocycles. The molecule has 3 aliphatic carbocycles. The number of hydrogen-bond donors (Lipinski definition) is 4. The maximum absolute atomic E-state index is 14.1. The summed E-state index contributed by atoms with van der Waals surface area (Å²) < 4.78 is 27.4. The smallest absolute Gasteiger partial charge is 0.408 e. The standard InChI is InChI=1S/C31H42ClN5O7S/c1-2-19-14-31(19,29(40)35-45(43,44)20-11-12-20)34-27(38)24-13-18(15-36(24)28(39)25(33)17-7-4-3-5-8-17)26-21-9-6-10-23(32)22(21)16-37(26)30(41)42/h6,9-10,17-20,24-26H,2-5,7-8,11-16,33H2,1H3,(H,34,38)(H,35,40)(H,41,42)/t18-,19-,24+,25?,26?,31-/m1/s1. The van der Waals surface area contributed by atoms with E-state index in [0.717, 1.165) is 37.7 Å². The highest BCUT2D eigenvalue weighted by Crippen LogP contribution is 2.49. The Morgan fingerprint density at radius 1 is 1.11 bits per heavy atom. The van der Waals surface area contributed by atoms with Crippen LogP contribution in [0.2, 0.25) is 5.02 Å². The lowest BCUT2D eigenvalue weighted by Gasteiger charge is -2.33. The van der Waals surface area contributed by atoms with Gasteiger partial charge in [0, 0.05) is 17.5 Å². The summed E-state index contributed by atoms with van der Waals surface area (Å²) in [6.07, 6.45) is 5.50. The number of rotatable bonds is 9. The van der Waals surface area contributed by atoms with E-state index >= 15 is 0 Å². The van der Waals surface area contributed by atoms with Crippen molar-refractivity contribution in [3.8, 4) is 0 Å². The summed E-state index contributed by atoms with van der Waals surface area (Å²) in [6, 6.07) is 2.83. The molecule has 4 fully saturated rings. The second-order valence-electron chi connectivity index (χ2n) is 13.5.